The molecule has 1 aliphatic carbocycles. The molecule has 0 aliphatic heterocycles. The molecule has 0 radical (unpaired) electrons. The third-order valence-corrected chi connectivity index (χ3v) is 5.95. The molecule has 0 bridgehead atoms. The average molecular weight is 341 g/mol. The number of benzene rings is 1. The van der Waals surface area contributed by atoms with Crippen LogP contribution in [0.3, 0.4) is 0 Å². The molecule has 3 rings (SSSR count). The van der Waals surface area contributed by atoms with Gasteiger partial charge in [-0.15, -0.1) is 0 Å². The Morgan fingerprint density at radius 2 is 1.96 bits per heavy atom. The van der Waals surface area contributed by atoms with Gasteiger partial charge in [0.25, 0.3) is 0 Å². The van der Waals surface area contributed by atoms with E-state index in [-0.39, 0.29) is 6.54 Å². The summed E-state index contributed by atoms with van der Waals surface area (Å²) in [5.41, 5.74) is 0. The molecular formula is C16H17F2NO3S. The maximum absolute atomic E-state index is 13.7. The van der Waals surface area contributed by atoms with E-state index in [4.69, 9.17) is 4.42 Å². The van der Waals surface area contributed by atoms with Gasteiger partial charge in [0.15, 0.2) is 0 Å². The van der Waals surface area contributed by atoms with E-state index in [1.807, 2.05) is 6.07 Å². The Balaban J connectivity index is 1.78. The number of rotatable bonds is 5. The number of halogens is 2. The van der Waals surface area contributed by atoms with Crippen molar-refractivity contribution in [2.75, 3.05) is 7.05 Å². The molecule has 7 heteroatoms. The van der Waals surface area contributed by atoms with Crippen molar-refractivity contribution in [1.82, 2.24) is 4.31 Å². The first-order chi connectivity index (χ1) is 10.8. The van der Waals surface area contributed by atoms with E-state index in [2.05, 4.69) is 6.92 Å². The zero-order chi connectivity index (χ0) is 16.8. The molecule has 0 amide bonds. The van der Waals surface area contributed by atoms with Crippen LogP contribution in [0.5, 0.6) is 0 Å². The summed E-state index contributed by atoms with van der Waals surface area (Å²) in [7, 11) is -2.73. The molecule has 0 saturated heterocycles. The van der Waals surface area contributed by atoms with Crippen LogP contribution in [0, 0.1) is 17.6 Å². The lowest BCUT2D eigenvalue weighted by Crippen LogP contribution is -2.27. The van der Waals surface area contributed by atoms with E-state index in [1.54, 1.807) is 6.07 Å². The maximum atomic E-state index is 13.7. The summed E-state index contributed by atoms with van der Waals surface area (Å²) < 4.78 is 58.1. The van der Waals surface area contributed by atoms with Gasteiger partial charge in [-0.25, -0.2) is 17.2 Å². The molecule has 1 aromatic heterocycles. The summed E-state index contributed by atoms with van der Waals surface area (Å²) >= 11 is 0. The zero-order valence-electron chi connectivity index (χ0n) is 12.8. The van der Waals surface area contributed by atoms with Crippen LogP contribution in [0.15, 0.2) is 39.6 Å². The molecule has 0 unspecified atom stereocenters. The minimum atomic E-state index is -4.06. The first-order valence-corrected chi connectivity index (χ1v) is 8.73. The fourth-order valence-electron chi connectivity index (χ4n) is 2.55. The summed E-state index contributed by atoms with van der Waals surface area (Å²) in [4.78, 5) is -0.552. The molecule has 1 aliphatic rings. The molecule has 4 nitrogen and oxygen atoms in total. The fourth-order valence-corrected chi connectivity index (χ4v) is 3.73. The number of hydrogen-bond donors (Lipinski definition) is 0. The number of hydrogen-bond acceptors (Lipinski definition) is 3. The fraction of sp³-hybridized carbons (Fsp3) is 0.375. The van der Waals surface area contributed by atoms with E-state index in [9.17, 15) is 17.2 Å². The second-order valence-corrected chi connectivity index (χ2v) is 7.97. The van der Waals surface area contributed by atoms with Gasteiger partial charge < -0.3 is 4.42 Å². The van der Waals surface area contributed by atoms with Gasteiger partial charge in [-0.2, -0.15) is 4.31 Å². The van der Waals surface area contributed by atoms with Crippen LogP contribution >= 0.6 is 0 Å². The van der Waals surface area contributed by atoms with E-state index >= 15 is 0 Å². The second-order valence-electron chi connectivity index (χ2n) is 5.96. The molecule has 1 saturated carbocycles. The van der Waals surface area contributed by atoms with Crippen molar-refractivity contribution in [1.29, 1.82) is 0 Å². The first-order valence-electron chi connectivity index (χ1n) is 7.29. The van der Waals surface area contributed by atoms with Crippen LogP contribution in [0.4, 0.5) is 8.78 Å². The number of sulfonamides is 1. The lowest BCUT2D eigenvalue weighted by molar-refractivity contribution is 0.388. The van der Waals surface area contributed by atoms with Crippen molar-refractivity contribution in [3.63, 3.8) is 0 Å². The highest BCUT2D eigenvalue weighted by Gasteiger charge is 2.36. The van der Waals surface area contributed by atoms with Gasteiger partial charge in [0.05, 0.1) is 6.54 Å². The molecule has 2 aromatic rings. The van der Waals surface area contributed by atoms with Crippen molar-refractivity contribution in [2.24, 2.45) is 5.92 Å². The Hall–Kier alpha value is -1.73. The molecule has 1 fully saturated rings. The number of nitrogens with zero attached hydrogens (tertiary/aromatic N) is 1. The highest BCUT2D eigenvalue weighted by atomic mass is 32.2. The lowest BCUT2D eigenvalue weighted by atomic mass is 10.3. The molecule has 1 aromatic carbocycles. The van der Waals surface area contributed by atoms with E-state index < -0.39 is 26.6 Å². The molecule has 1 heterocycles. The van der Waals surface area contributed by atoms with Crippen molar-refractivity contribution in [3.8, 4) is 0 Å². The summed E-state index contributed by atoms with van der Waals surface area (Å²) in [5.74, 6) is 0.407. The SMILES string of the molecule is C[C@H]1C[C@H]1c1ccc(CN(C)S(=O)(=O)c2ccc(F)cc2F)o1. The Labute approximate surface area is 133 Å². The summed E-state index contributed by atoms with van der Waals surface area (Å²) in [6.45, 7) is 2.11. The molecule has 124 valence electrons. The van der Waals surface area contributed by atoms with E-state index in [0.29, 0.717) is 23.7 Å². The molecular weight excluding hydrogens is 324 g/mol. The lowest BCUT2D eigenvalue weighted by Gasteiger charge is -2.16. The quantitative estimate of drug-likeness (QED) is 0.836. The van der Waals surface area contributed by atoms with Gasteiger partial charge in [0, 0.05) is 19.0 Å². The normalized spacial score (nSPS) is 20.9. The summed E-state index contributed by atoms with van der Waals surface area (Å²) in [5, 5.41) is 0. The summed E-state index contributed by atoms with van der Waals surface area (Å²) in [6.07, 6.45) is 1.07. The van der Waals surface area contributed by atoms with E-state index in [1.165, 1.54) is 7.05 Å². The Bertz CT molecular complexity index is 832. The van der Waals surface area contributed by atoms with Gasteiger partial charge in [0.1, 0.15) is 28.1 Å². The zero-order valence-corrected chi connectivity index (χ0v) is 13.6. The monoisotopic (exact) mass is 341 g/mol. The summed E-state index contributed by atoms with van der Waals surface area (Å²) in [6, 6.07) is 5.98. The third kappa shape index (κ3) is 3.16. The van der Waals surface area contributed by atoms with Crippen LogP contribution in [0.1, 0.15) is 30.8 Å². The van der Waals surface area contributed by atoms with Crippen molar-refractivity contribution in [2.45, 2.75) is 30.7 Å². The van der Waals surface area contributed by atoms with Gasteiger partial charge >= 0.3 is 0 Å². The van der Waals surface area contributed by atoms with Crippen molar-refractivity contribution >= 4 is 10.0 Å². The topological polar surface area (TPSA) is 50.5 Å². The van der Waals surface area contributed by atoms with Crippen LogP contribution in [-0.4, -0.2) is 19.8 Å². The number of furan rings is 1. The van der Waals surface area contributed by atoms with Gasteiger partial charge in [-0.1, -0.05) is 6.92 Å². The molecule has 0 spiro atoms. The van der Waals surface area contributed by atoms with Gasteiger partial charge in [-0.3, -0.25) is 0 Å². The highest BCUT2D eigenvalue weighted by Crippen LogP contribution is 2.47. The molecule has 23 heavy (non-hydrogen) atoms. The van der Waals surface area contributed by atoms with Gasteiger partial charge in [0.2, 0.25) is 10.0 Å². The van der Waals surface area contributed by atoms with Crippen LogP contribution < -0.4 is 0 Å². The second kappa shape index (κ2) is 5.72. The third-order valence-electron chi connectivity index (χ3n) is 4.12. The average Bonchev–Trinajstić information content (AvgIpc) is 3.01. The minimum absolute atomic E-state index is 0.0136. The van der Waals surface area contributed by atoms with Crippen LogP contribution in [0.2, 0.25) is 0 Å². The Morgan fingerprint density at radius 1 is 1.26 bits per heavy atom. The van der Waals surface area contributed by atoms with E-state index in [0.717, 1.165) is 28.6 Å². The van der Waals surface area contributed by atoms with Crippen LogP contribution in [-0.2, 0) is 16.6 Å². The largest absolute Gasteiger partial charge is 0.464 e. The standard InChI is InChI=1S/C16H17F2NO3S/c1-10-7-13(10)15-5-4-12(22-15)9-19(2)23(20,21)16-6-3-11(17)8-14(16)18/h3-6,8,10,13H,7,9H2,1-2H3/t10-,13+/m0/s1. The van der Waals surface area contributed by atoms with Crippen LogP contribution in [0.25, 0.3) is 0 Å². The Morgan fingerprint density at radius 3 is 2.57 bits per heavy atom. The molecule has 2 atom stereocenters. The first kappa shape index (κ1) is 16.1. The predicted octanol–water partition coefficient (Wildman–Crippen LogP) is 3.50. The van der Waals surface area contributed by atoms with Gasteiger partial charge in [-0.05, 0) is 36.6 Å². The minimum Gasteiger partial charge on any atom is -0.464 e. The molecule has 0 N–H and O–H groups in total. The smallest absolute Gasteiger partial charge is 0.246 e. The Kier molecular flexibility index (Phi) is 4.01. The maximum Gasteiger partial charge on any atom is 0.246 e. The van der Waals surface area contributed by atoms with Crippen molar-refractivity contribution < 1.29 is 21.6 Å². The van der Waals surface area contributed by atoms with Crippen molar-refractivity contribution in [3.05, 3.63) is 53.5 Å². The predicted molar refractivity (Wildman–Crippen MR) is 80.2 cm³/mol. The highest BCUT2D eigenvalue weighted by molar-refractivity contribution is 7.89.